The van der Waals surface area contributed by atoms with Gasteiger partial charge in [0.05, 0.1) is 0 Å². The van der Waals surface area contributed by atoms with Crippen LogP contribution in [0.1, 0.15) is 31.8 Å². The molecule has 0 aliphatic carbocycles. The van der Waals surface area contributed by atoms with E-state index in [2.05, 4.69) is 32.8 Å². The zero-order valence-electron chi connectivity index (χ0n) is 10.3. The maximum absolute atomic E-state index is 11.6. The van der Waals surface area contributed by atoms with Crippen LogP contribution in [0.3, 0.4) is 0 Å². The molecule has 3 heteroatoms. The van der Waals surface area contributed by atoms with Crippen molar-refractivity contribution >= 4 is 23.8 Å². The number of carbonyl (C=O) groups excluding carboxylic acids is 1. The molecule has 16 heavy (non-hydrogen) atoms. The van der Waals surface area contributed by atoms with Crippen LogP contribution >= 0.6 is 11.8 Å². The molecule has 1 aromatic rings. The third-order valence-corrected chi connectivity index (χ3v) is 3.14. The van der Waals surface area contributed by atoms with E-state index in [4.69, 9.17) is 0 Å². The molecule has 86 valence electrons. The second-order valence-corrected chi connectivity index (χ2v) is 5.67. The predicted octanol–water partition coefficient (Wildman–Crippen LogP) is 3.05. The van der Waals surface area contributed by atoms with Crippen LogP contribution in [0.2, 0.25) is 0 Å². The summed E-state index contributed by atoms with van der Waals surface area (Å²) in [5, 5.41) is 0.277. The first kappa shape index (κ1) is 13.5. The summed E-state index contributed by atoms with van der Waals surface area (Å²) in [7, 11) is 0. The average molecular weight is 234 g/mol. The molecule has 0 atom stereocenters. The molecule has 0 saturated carbocycles. The van der Waals surface area contributed by atoms with E-state index in [1.54, 1.807) is 0 Å². The minimum absolute atomic E-state index is 0.277. The Balaban J connectivity index is 2.74. The van der Waals surface area contributed by atoms with Gasteiger partial charge in [-0.25, -0.2) is 0 Å². The van der Waals surface area contributed by atoms with E-state index >= 15 is 0 Å². The van der Waals surface area contributed by atoms with Crippen molar-refractivity contribution in [2.45, 2.75) is 33.6 Å². The SMILES string of the molecule is CCSC(=O)Cc1cccbc1CC(C)C. The molecular weight excluding hydrogens is 215 g/mol. The Morgan fingerprint density at radius 2 is 2.25 bits per heavy atom. The molecule has 0 unspecified atom stereocenters. The van der Waals surface area contributed by atoms with Gasteiger partial charge in [-0.3, -0.25) is 0 Å². The van der Waals surface area contributed by atoms with Gasteiger partial charge < -0.3 is 0 Å². The molecule has 0 radical (unpaired) electrons. The van der Waals surface area contributed by atoms with Crippen LogP contribution in [-0.4, -0.2) is 17.8 Å². The van der Waals surface area contributed by atoms with Crippen LogP contribution in [0.4, 0.5) is 0 Å². The molecule has 1 nitrogen and oxygen atoms in total. The molecule has 1 aromatic heterocycles. The standard InChI is InChI=1S/C13H19BOS/c1-4-16-13(15)9-11-6-5-7-14-12(11)8-10(2)3/h5-7,10H,4,8-9H2,1-3H3. The van der Waals surface area contributed by atoms with E-state index in [0.29, 0.717) is 12.3 Å². The van der Waals surface area contributed by atoms with Gasteiger partial charge >= 0.3 is 103 Å². The van der Waals surface area contributed by atoms with Crippen molar-refractivity contribution in [3.05, 3.63) is 29.1 Å². The van der Waals surface area contributed by atoms with Crippen LogP contribution in [0.15, 0.2) is 18.1 Å². The second-order valence-electron chi connectivity index (χ2n) is 4.35. The minimum atomic E-state index is 0.277. The fourth-order valence-electron chi connectivity index (χ4n) is 1.74. The summed E-state index contributed by atoms with van der Waals surface area (Å²) in [4.78, 5) is 11.6. The van der Waals surface area contributed by atoms with E-state index in [0.717, 1.165) is 12.2 Å². The zero-order chi connectivity index (χ0) is 12.0. The van der Waals surface area contributed by atoms with Crippen LogP contribution in [0.5, 0.6) is 0 Å². The summed E-state index contributed by atoms with van der Waals surface area (Å²) in [6.45, 7) is 8.57. The Labute approximate surface area is 103 Å². The van der Waals surface area contributed by atoms with E-state index in [1.165, 1.54) is 22.8 Å². The third kappa shape index (κ3) is 4.52. The number of rotatable bonds is 5. The van der Waals surface area contributed by atoms with Crippen molar-refractivity contribution in [2.24, 2.45) is 5.92 Å². The van der Waals surface area contributed by atoms with Crippen molar-refractivity contribution in [3.8, 4) is 0 Å². The second kappa shape index (κ2) is 6.90. The summed E-state index contributed by atoms with van der Waals surface area (Å²) in [6, 6.07) is 4.09. The van der Waals surface area contributed by atoms with Gasteiger partial charge in [0.25, 0.3) is 0 Å². The Kier molecular flexibility index (Phi) is 5.82. The van der Waals surface area contributed by atoms with Gasteiger partial charge in [-0.2, -0.15) is 0 Å². The summed E-state index contributed by atoms with van der Waals surface area (Å²) in [6.07, 6.45) is 1.63. The summed E-state index contributed by atoms with van der Waals surface area (Å²) in [5.74, 6) is 3.55. The maximum atomic E-state index is 11.6. The molecule has 0 aliphatic rings. The van der Waals surface area contributed by atoms with Crippen molar-refractivity contribution < 1.29 is 4.79 Å². The third-order valence-electron chi connectivity index (χ3n) is 2.39. The Bertz CT molecular complexity index is 350. The molecular formula is C13H19BOS. The van der Waals surface area contributed by atoms with Crippen molar-refractivity contribution in [1.82, 2.24) is 0 Å². The van der Waals surface area contributed by atoms with E-state index < -0.39 is 0 Å². The van der Waals surface area contributed by atoms with Crippen molar-refractivity contribution in [2.75, 3.05) is 5.75 Å². The van der Waals surface area contributed by atoms with Gasteiger partial charge in [-0.1, -0.05) is 0 Å². The van der Waals surface area contributed by atoms with Gasteiger partial charge in [-0.15, -0.1) is 0 Å². The van der Waals surface area contributed by atoms with Crippen molar-refractivity contribution in [1.29, 1.82) is 0 Å². The summed E-state index contributed by atoms with van der Waals surface area (Å²) < 4.78 is 0. The van der Waals surface area contributed by atoms with E-state index in [1.807, 2.05) is 13.0 Å². The normalized spacial score (nSPS) is 10.5. The number of hydrogen-bond acceptors (Lipinski definition) is 2. The van der Waals surface area contributed by atoms with Crippen LogP contribution in [0, 0.1) is 5.92 Å². The van der Waals surface area contributed by atoms with Gasteiger partial charge in [-0.05, 0) is 0 Å². The monoisotopic (exact) mass is 234 g/mol. The predicted molar refractivity (Wildman–Crippen MR) is 73.2 cm³/mol. The number of thioether (sulfide) groups is 1. The summed E-state index contributed by atoms with van der Waals surface area (Å²) >= 11 is 1.41. The van der Waals surface area contributed by atoms with E-state index in [-0.39, 0.29) is 5.12 Å². The molecule has 0 spiro atoms. The quantitative estimate of drug-likeness (QED) is 0.778. The molecule has 1 heterocycles. The first-order chi connectivity index (χ1) is 7.63. The topological polar surface area (TPSA) is 17.1 Å². The fourth-order valence-corrected chi connectivity index (χ4v) is 2.32. The molecule has 0 fully saturated rings. The zero-order valence-corrected chi connectivity index (χ0v) is 11.1. The molecule has 1 rings (SSSR count). The molecule has 0 saturated heterocycles. The van der Waals surface area contributed by atoms with Crippen LogP contribution in [-0.2, 0) is 17.6 Å². The summed E-state index contributed by atoms with van der Waals surface area (Å²) in [5.41, 5.74) is 2.52. The first-order valence-corrected chi connectivity index (χ1v) is 6.84. The average Bonchev–Trinajstić information content (AvgIpc) is 2.20. The number of carbonyl (C=O) groups is 1. The van der Waals surface area contributed by atoms with Gasteiger partial charge in [0.1, 0.15) is 0 Å². The van der Waals surface area contributed by atoms with Crippen LogP contribution < -0.4 is 0 Å². The Morgan fingerprint density at radius 3 is 2.88 bits per heavy atom. The number of hydrogen-bond donors (Lipinski definition) is 0. The van der Waals surface area contributed by atoms with Crippen molar-refractivity contribution in [3.63, 3.8) is 0 Å². The van der Waals surface area contributed by atoms with Crippen LogP contribution in [0.25, 0.3) is 0 Å². The molecule has 0 aromatic carbocycles. The molecule has 0 amide bonds. The molecule has 0 aliphatic heterocycles. The Morgan fingerprint density at radius 1 is 1.50 bits per heavy atom. The molecule has 0 bridgehead atoms. The Hall–Kier alpha value is -0.565. The fraction of sp³-hybridized carbons (Fsp3) is 0.538. The van der Waals surface area contributed by atoms with E-state index in [9.17, 15) is 4.79 Å². The van der Waals surface area contributed by atoms with Gasteiger partial charge in [0.2, 0.25) is 0 Å². The molecule has 0 N–H and O–H groups in total. The first-order valence-electron chi connectivity index (χ1n) is 5.85. The van der Waals surface area contributed by atoms with Gasteiger partial charge in [0.15, 0.2) is 0 Å². The van der Waals surface area contributed by atoms with Gasteiger partial charge in [0, 0.05) is 0 Å².